The number of pyridine rings is 1. The topological polar surface area (TPSA) is 178 Å². The number of carbonyl (C=O) groups excluding carboxylic acids is 1. The van der Waals surface area contributed by atoms with Gasteiger partial charge in [0.1, 0.15) is 12.2 Å². The number of carbonyl (C=O) groups is 1. The molecule has 0 amide bonds. The molecule has 2 fully saturated rings. The molecule has 8 atom stereocenters. The van der Waals surface area contributed by atoms with E-state index in [9.17, 15) is 20.1 Å². The Hall–Kier alpha value is -4.27. The Morgan fingerprint density at radius 2 is 2.04 bits per heavy atom. The van der Waals surface area contributed by atoms with Gasteiger partial charge in [0, 0.05) is 68.5 Å². The largest absolute Gasteiger partial charge is 0.504 e. The number of hydrogen-bond donors (Lipinski definition) is 5. The van der Waals surface area contributed by atoms with Gasteiger partial charge < -0.3 is 45.3 Å². The van der Waals surface area contributed by atoms with Crippen LogP contribution in [0.25, 0.3) is 0 Å². The number of aromatic hydroxyl groups is 3. The maximum Gasteiger partial charge on any atom is 0.302 e. The van der Waals surface area contributed by atoms with Crippen LogP contribution in [0.2, 0.25) is 0 Å². The van der Waals surface area contributed by atoms with Crippen molar-refractivity contribution in [3.63, 3.8) is 0 Å². The summed E-state index contributed by atoms with van der Waals surface area (Å²) in [5.41, 5.74) is 8.47. The number of phenols is 3. The Morgan fingerprint density at radius 3 is 2.83 bits per heavy atom. The molecule has 4 aliphatic rings. The molecule has 7 rings (SSSR count). The number of phenolic OH excluding ortho intramolecular Hbond substituents is 3. The second kappa shape index (κ2) is 16.6. The summed E-state index contributed by atoms with van der Waals surface area (Å²) in [6, 6.07) is 12.5. The first-order valence-electron chi connectivity index (χ1n) is 18.5. The second-order valence-corrected chi connectivity index (χ2v) is 17.2. The molecule has 1 saturated carbocycles. The Morgan fingerprint density at radius 1 is 1.17 bits per heavy atom. The number of aromatic nitrogens is 1. The number of nitrogens with zero attached hydrogens (tertiary/aromatic N) is 2. The minimum absolute atomic E-state index is 0.0140. The van der Waals surface area contributed by atoms with Crippen LogP contribution >= 0.6 is 21.6 Å². The standard InChI is InChI=1S/C40H48N4O8S2/c1-23(45)50-33-19-32(26-17-31(47)37(48)35(18-26)49-14-11-24-5-4-13-43-21-24)52-38-28(33)8-10-36-29(38)15-25-7-9-30(46)34(16-25)51-27-6-3-12-40(20-27,22-53-54-36)44-39(41)42-2/h4-5,7-10,13,16-18,21,27-29,32-33,36,38,46-48H,3,6,11-12,14-15,19-20,22H2,1-2H3,(H3,41,42,44)/t27-,28+,29?,32-,33+,36+,38-,40+/m0/s1. The minimum Gasteiger partial charge on any atom is -0.504 e. The van der Waals surface area contributed by atoms with E-state index in [1.54, 1.807) is 53.2 Å². The van der Waals surface area contributed by atoms with E-state index in [2.05, 4.69) is 27.4 Å². The molecule has 2 aromatic carbocycles. The van der Waals surface area contributed by atoms with Gasteiger partial charge >= 0.3 is 5.97 Å². The smallest absolute Gasteiger partial charge is 0.302 e. The summed E-state index contributed by atoms with van der Waals surface area (Å²) >= 11 is 0. The number of benzene rings is 2. The van der Waals surface area contributed by atoms with E-state index >= 15 is 0 Å². The van der Waals surface area contributed by atoms with Gasteiger partial charge in [-0.05, 0) is 72.7 Å². The van der Waals surface area contributed by atoms with Gasteiger partial charge in [0.2, 0.25) is 5.75 Å². The van der Waals surface area contributed by atoms with Gasteiger partial charge in [-0.2, -0.15) is 0 Å². The monoisotopic (exact) mass is 776 g/mol. The van der Waals surface area contributed by atoms with Crippen LogP contribution < -0.4 is 20.5 Å². The third kappa shape index (κ3) is 8.66. The first-order chi connectivity index (χ1) is 26.1. The van der Waals surface area contributed by atoms with Crippen molar-refractivity contribution in [2.24, 2.45) is 22.6 Å². The van der Waals surface area contributed by atoms with Crippen molar-refractivity contribution in [2.45, 2.75) is 87.1 Å². The van der Waals surface area contributed by atoms with Crippen LogP contribution in [0.1, 0.15) is 61.8 Å². The molecule has 1 saturated heterocycles. The zero-order valence-corrected chi connectivity index (χ0v) is 32.1. The molecule has 2 aliphatic heterocycles. The van der Waals surface area contributed by atoms with Gasteiger partial charge in [-0.15, -0.1) is 0 Å². The fourth-order valence-corrected chi connectivity index (χ4v) is 11.5. The summed E-state index contributed by atoms with van der Waals surface area (Å²) in [4.78, 5) is 20.8. The number of nitrogens with one attached hydrogen (secondary N) is 1. The summed E-state index contributed by atoms with van der Waals surface area (Å²) in [6.45, 7) is 1.67. The Bertz CT molecular complexity index is 1860. The Kier molecular flexibility index (Phi) is 11.7. The summed E-state index contributed by atoms with van der Waals surface area (Å²) in [7, 11) is 5.24. The summed E-state index contributed by atoms with van der Waals surface area (Å²) in [5, 5.41) is 36.1. The lowest BCUT2D eigenvalue weighted by Gasteiger charge is -2.47. The molecule has 14 heteroatoms. The predicted molar refractivity (Wildman–Crippen MR) is 209 cm³/mol. The first-order valence-corrected chi connectivity index (χ1v) is 20.8. The van der Waals surface area contributed by atoms with Gasteiger partial charge in [-0.25, -0.2) is 0 Å². The van der Waals surface area contributed by atoms with Crippen molar-refractivity contribution in [1.29, 1.82) is 0 Å². The van der Waals surface area contributed by atoms with Crippen LogP contribution in [0.15, 0.2) is 72.0 Å². The molecule has 288 valence electrons. The first kappa shape index (κ1) is 38.0. The molecule has 0 radical (unpaired) electrons. The highest BCUT2D eigenvalue weighted by Crippen LogP contribution is 2.51. The lowest BCUT2D eigenvalue weighted by molar-refractivity contribution is -0.177. The number of aliphatic imine (C=N–C) groups is 1. The molecule has 12 nitrogen and oxygen atoms in total. The molecule has 3 heterocycles. The summed E-state index contributed by atoms with van der Waals surface area (Å²) < 4.78 is 25.5. The third-order valence-electron chi connectivity index (χ3n) is 10.8. The molecule has 54 heavy (non-hydrogen) atoms. The quantitative estimate of drug-likeness (QED) is 0.0473. The van der Waals surface area contributed by atoms with Crippen LogP contribution in [-0.4, -0.2) is 80.7 Å². The average molecular weight is 777 g/mol. The number of guanidine groups is 1. The maximum atomic E-state index is 12.5. The fraction of sp³-hybridized carbons (Fsp3) is 0.475. The highest BCUT2D eigenvalue weighted by Gasteiger charge is 2.48. The molecular formula is C40H48N4O8S2. The molecule has 2 aliphatic carbocycles. The SMILES string of the molecule is CN=C(N)N[C@]12CCC[C@@H](C1)Oc1cc(ccc1O)CC1[C@H]3O[C@H](c4cc(O)c(O)c(OCCc5cccnc5)c4)C[C@@H](OC(C)=O)[C@H]3C=C[C@H]1SSC2. The van der Waals surface area contributed by atoms with E-state index in [0.29, 0.717) is 43.0 Å². The Balaban J connectivity index is 1.20. The van der Waals surface area contributed by atoms with Gasteiger partial charge in [0.25, 0.3) is 0 Å². The molecule has 0 spiro atoms. The zero-order valence-electron chi connectivity index (χ0n) is 30.4. The maximum absolute atomic E-state index is 12.5. The van der Waals surface area contributed by atoms with E-state index in [-0.39, 0.29) is 70.4 Å². The third-order valence-corrected chi connectivity index (χ3v) is 13.8. The number of rotatable bonds is 7. The zero-order chi connectivity index (χ0) is 37.8. The van der Waals surface area contributed by atoms with E-state index in [1.807, 2.05) is 24.3 Å². The van der Waals surface area contributed by atoms with E-state index < -0.39 is 12.2 Å². The molecule has 3 aromatic rings. The molecule has 6 N–H and O–H groups in total. The van der Waals surface area contributed by atoms with Crippen LogP contribution in [-0.2, 0) is 27.1 Å². The van der Waals surface area contributed by atoms with Crippen molar-refractivity contribution < 1.29 is 39.1 Å². The second-order valence-electron chi connectivity index (χ2n) is 14.6. The van der Waals surface area contributed by atoms with Crippen LogP contribution in [0.4, 0.5) is 0 Å². The number of esters is 1. The van der Waals surface area contributed by atoms with Crippen molar-refractivity contribution in [1.82, 2.24) is 10.3 Å². The molecule has 1 aromatic heterocycles. The summed E-state index contributed by atoms with van der Waals surface area (Å²) in [6.07, 6.45) is 11.1. The fourth-order valence-electron chi connectivity index (χ4n) is 8.20. The molecule has 1 unspecified atom stereocenters. The molecular weight excluding hydrogens is 729 g/mol. The predicted octanol–water partition coefficient (Wildman–Crippen LogP) is 5.98. The van der Waals surface area contributed by atoms with Crippen molar-refractivity contribution in [3.05, 3.63) is 83.7 Å². The highest BCUT2D eigenvalue weighted by molar-refractivity contribution is 8.77. The number of fused-ring (bicyclic) bond motifs is 7. The lowest BCUT2D eigenvalue weighted by Crippen LogP contribution is -2.57. The average Bonchev–Trinajstić information content (AvgIpc) is 3.15. The highest BCUT2D eigenvalue weighted by atomic mass is 33.1. The number of nitrogens with two attached hydrogens (primary N) is 1. The van der Waals surface area contributed by atoms with Gasteiger partial charge in [-0.1, -0.05) is 45.9 Å². The van der Waals surface area contributed by atoms with E-state index in [4.69, 9.17) is 24.7 Å². The van der Waals surface area contributed by atoms with Gasteiger partial charge in [0.05, 0.1) is 24.4 Å². The molecule has 4 bridgehead atoms. The van der Waals surface area contributed by atoms with E-state index in [0.717, 1.165) is 36.1 Å². The van der Waals surface area contributed by atoms with Crippen molar-refractivity contribution in [3.8, 4) is 28.7 Å². The minimum atomic E-state index is -0.584. The van der Waals surface area contributed by atoms with Gasteiger partial charge in [0.15, 0.2) is 29.0 Å². The van der Waals surface area contributed by atoms with E-state index in [1.165, 1.54) is 13.0 Å². The number of ether oxygens (including phenoxy) is 4. The summed E-state index contributed by atoms with van der Waals surface area (Å²) in [5.74, 6) is 0.424. The van der Waals surface area contributed by atoms with Crippen LogP contribution in [0.5, 0.6) is 28.7 Å². The van der Waals surface area contributed by atoms with Crippen molar-refractivity contribution in [2.75, 3.05) is 19.4 Å². The lowest BCUT2D eigenvalue weighted by atomic mass is 9.74. The van der Waals surface area contributed by atoms with Crippen LogP contribution in [0.3, 0.4) is 0 Å². The van der Waals surface area contributed by atoms with Crippen LogP contribution in [0, 0.1) is 11.8 Å². The Labute approximate surface area is 323 Å². The number of hydrogen-bond acceptors (Lipinski definition) is 12. The van der Waals surface area contributed by atoms with Crippen molar-refractivity contribution >= 4 is 33.5 Å². The normalized spacial score (nSPS) is 29.5. The van der Waals surface area contributed by atoms with Gasteiger partial charge in [-0.3, -0.25) is 14.8 Å².